The van der Waals surface area contributed by atoms with Gasteiger partial charge in [-0.25, -0.2) is 9.97 Å². The summed E-state index contributed by atoms with van der Waals surface area (Å²) in [6, 6.07) is 6.19. The number of hydrogen-bond acceptors (Lipinski definition) is 5. The van der Waals surface area contributed by atoms with E-state index in [0.717, 1.165) is 18.6 Å². The van der Waals surface area contributed by atoms with Gasteiger partial charge in [0.25, 0.3) is 0 Å². The van der Waals surface area contributed by atoms with E-state index in [0.29, 0.717) is 16.6 Å². The normalized spacial score (nSPS) is 12.5. The lowest BCUT2D eigenvalue weighted by Gasteiger charge is -2.11. The van der Waals surface area contributed by atoms with Gasteiger partial charge in [-0.05, 0) is 31.0 Å². The molecule has 0 saturated heterocycles. The number of pyridine rings is 1. The molecule has 1 atom stereocenters. The quantitative estimate of drug-likeness (QED) is 0.365. The van der Waals surface area contributed by atoms with Gasteiger partial charge >= 0.3 is 6.18 Å². The molecular weight excluding hydrogens is 459 g/mol. The number of anilines is 1. The van der Waals surface area contributed by atoms with Crippen LogP contribution in [0.15, 0.2) is 61.4 Å². The molecule has 3 heterocycles. The molecule has 0 spiro atoms. The maximum absolute atomic E-state index is 13.3. The Hall–Kier alpha value is -4.08. The Balaban J connectivity index is 1.55. The number of alkyl halides is 3. The summed E-state index contributed by atoms with van der Waals surface area (Å²) in [7, 11) is 0. The van der Waals surface area contributed by atoms with Crippen molar-refractivity contribution in [1.29, 1.82) is 0 Å². The van der Waals surface area contributed by atoms with Crippen molar-refractivity contribution in [3.05, 3.63) is 83.7 Å². The lowest BCUT2D eigenvalue weighted by molar-refractivity contribution is -0.137. The predicted molar refractivity (Wildman–Crippen MR) is 124 cm³/mol. The van der Waals surface area contributed by atoms with E-state index in [1.54, 1.807) is 12.4 Å². The van der Waals surface area contributed by atoms with Crippen molar-refractivity contribution in [3.63, 3.8) is 0 Å². The molecule has 7 nitrogen and oxygen atoms in total. The number of carbonyl (C=O) groups is 2. The van der Waals surface area contributed by atoms with Gasteiger partial charge in [0.05, 0.1) is 29.4 Å². The van der Waals surface area contributed by atoms with Gasteiger partial charge in [0.15, 0.2) is 5.78 Å². The van der Waals surface area contributed by atoms with Gasteiger partial charge in [0, 0.05) is 35.6 Å². The number of hydrogen-bond donors (Lipinski definition) is 1. The molecule has 180 valence electrons. The number of fused-ring (bicyclic) bond motifs is 1. The van der Waals surface area contributed by atoms with Gasteiger partial charge in [-0.3, -0.25) is 14.6 Å². The molecule has 0 aliphatic heterocycles. The highest BCUT2D eigenvalue weighted by molar-refractivity contribution is 6.16. The molecule has 4 aromatic rings. The Bertz CT molecular complexity index is 1400. The summed E-state index contributed by atoms with van der Waals surface area (Å²) in [4.78, 5) is 38.2. The molecule has 1 amide bonds. The molecule has 0 aliphatic rings. The number of nitrogens with zero attached hydrogens (tertiary/aromatic N) is 4. The molecule has 3 aromatic heterocycles. The largest absolute Gasteiger partial charge is 0.416 e. The molecule has 1 aromatic carbocycles. The number of nitrogens with one attached hydrogen (secondary N) is 1. The van der Waals surface area contributed by atoms with Crippen LogP contribution in [0.4, 0.5) is 18.9 Å². The first-order chi connectivity index (χ1) is 16.7. The van der Waals surface area contributed by atoms with E-state index in [9.17, 15) is 22.8 Å². The number of benzene rings is 1. The van der Waals surface area contributed by atoms with E-state index in [-0.39, 0.29) is 35.1 Å². The van der Waals surface area contributed by atoms with Crippen molar-refractivity contribution in [2.45, 2.75) is 38.9 Å². The molecule has 0 fully saturated rings. The second-order valence-corrected chi connectivity index (χ2v) is 8.18. The van der Waals surface area contributed by atoms with E-state index in [2.05, 4.69) is 20.3 Å². The standard InChI is InChI=1S/C25H22F3N5O2/c1-3-15(2)33-13-21(20-12-30-14-31-24(20)33)23(35)17-9-19(11-29-10-17)32-22(34)8-16-5-4-6-18(7-16)25(26,27)28/h4-7,9-15H,3,8H2,1-2H3,(H,32,34). The third-order valence-corrected chi connectivity index (χ3v) is 5.71. The summed E-state index contributed by atoms with van der Waals surface area (Å²) < 4.78 is 40.7. The summed E-state index contributed by atoms with van der Waals surface area (Å²) in [5, 5.41) is 3.21. The van der Waals surface area contributed by atoms with Crippen molar-refractivity contribution < 1.29 is 22.8 Å². The Morgan fingerprint density at radius 2 is 1.91 bits per heavy atom. The topological polar surface area (TPSA) is 89.8 Å². The summed E-state index contributed by atoms with van der Waals surface area (Å²) in [6.07, 6.45) is 3.61. The third-order valence-electron chi connectivity index (χ3n) is 5.71. The molecule has 0 bridgehead atoms. The molecular formula is C25H22F3N5O2. The lowest BCUT2D eigenvalue weighted by atomic mass is 10.1. The average Bonchev–Trinajstić information content (AvgIpc) is 3.22. The van der Waals surface area contributed by atoms with Crippen LogP contribution < -0.4 is 5.32 Å². The second kappa shape index (κ2) is 9.65. The minimum absolute atomic E-state index is 0.119. The third kappa shape index (κ3) is 5.21. The van der Waals surface area contributed by atoms with Crippen LogP contribution in [0.25, 0.3) is 11.0 Å². The highest BCUT2D eigenvalue weighted by Gasteiger charge is 2.30. The summed E-state index contributed by atoms with van der Waals surface area (Å²) >= 11 is 0. The number of ketones is 1. The number of rotatable bonds is 7. The zero-order valence-corrected chi connectivity index (χ0v) is 19.0. The molecule has 4 rings (SSSR count). The van der Waals surface area contributed by atoms with Gasteiger partial charge in [0.1, 0.15) is 12.0 Å². The molecule has 0 radical (unpaired) electrons. The number of halogens is 3. The van der Waals surface area contributed by atoms with Gasteiger partial charge in [-0.1, -0.05) is 25.1 Å². The first-order valence-electron chi connectivity index (χ1n) is 10.9. The molecule has 10 heteroatoms. The van der Waals surface area contributed by atoms with E-state index < -0.39 is 17.6 Å². The maximum atomic E-state index is 13.3. The fourth-order valence-corrected chi connectivity index (χ4v) is 3.74. The van der Waals surface area contributed by atoms with E-state index in [1.165, 1.54) is 36.9 Å². The smallest absolute Gasteiger partial charge is 0.329 e. The number of aromatic nitrogens is 4. The predicted octanol–water partition coefficient (Wildman–Crippen LogP) is 5.23. The van der Waals surface area contributed by atoms with Gasteiger partial charge in [-0.2, -0.15) is 13.2 Å². The number of amides is 1. The average molecular weight is 481 g/mol. The van der Waals surface area contributed by atoms with Crippen LogP contribution in [0.3, 0.4) is 0 Å². The van der Waals surface area contributed by atoms with Crippen LogP contribution in [0.5, 0.6) is 0 Å². The molecule has 1 unspecified atom stereocenters. The van der Waals surface area contributed by atoms with E-state index in [4.69, 9.17) is 0 Å². The fraction of sp³-hybridized carbons (Fsp3) is 0.240. The van der Waals surface area contributed by atoms with E-state index in [1.807, 2.05) is 18.4 Å². The zero-order valence-electron chi connectivity index (χ0n) is 19.0. The zero-order chi connectivity index (χ0) is 25.2. The highest BCUT2D eigenvalue weighted by atomic mass is 19.4. The molecule has 1 N–H and O–H groups in total. The SMILES string of the molecule is CCC(C)n1cc(C(=O)c2cncc(NC(=O)Cc3cccc(C(F)(F)F)c3)c2)c2cncnc21. The molecule has 0 saturated carbocycles. The number of carbonyl (C=O) groups excluding carboxylic acids is 2. The molecule has 0 aliphatic carbocycles. The minimum Gasteiger partial charge on any atom is -0.329 e. The van der Waals surface area contributed by atoms with Crippen molar-refractivity contribution in [3.8, 4) is 0 Å². The van der Waals surface area contributed by atoms with Crippen molar-refractivity contribution in [2.75, 3.05) is 5.32 Å². The first-order valence-corrected chi connectivity index (χ1v) is 10.9. The van der Waals surface area contributed by atoms with Crippen LogP contribution in [-0.2, 0) is 17.4 Å². The van der Waals surface area contributed by atoms with Gasteiger partial charge in [-0.15, -0.1) is 0 Å². The highest BCUT2D eigenvalue weighted by Crippen LogP contribution is 2.30. The van der Waals surface area contributed by atoms with Gasteiger partial charge < -0.3 is 9.88 Å². The summed E-state index contributed by atoms with van der Waals surface area (Å²) in [5.41, 5.74) is 0.961. The Kier molecular flexibility index (Phi) is 6.63. The Labute approximate surface area is 199 Å². The lowest BCUT2D eigenvalue weighted by Crippen LogP contribution is -2.16. The van der Waals surface area contributed by atoms with Crippen LogP contribution in [0.1, 0.15) is 53.4 Å². The van der Waals surface area contributed by atoms with Gasteiger partial charge in [0.2, 0.25) is 5.91 Å². The minimum atomic E-state index is -4.49. The van der Waals surface area contributed by atoms with E-state index >= 15 is 0 Å². The van der Waals surface area contributed by atoms with Crippen molar-refractivity contribution >= 4 is 28.4 Å². The maximum Gasteiger partial charge on any atom is 0.416 e. The summed E-state index contributed by atoms with van der Waals surface area (Å²) in [5.74, 6) is -0.842. The molecule has 35 heavy (non-hydrogen) atoms. The monoisotopic (exact) mass is 481 g/mol. The van der Waals surface area contributed by atoms with Crippen LogP contribution >= 0.6 is 0 Å². The second-order valence-electron chi connectivity index (χ2n) is 8.18. The fourth-order valence-electron chi connectivity index (χ4n) is 3.74. The Morgan fingerprint density at radius 1 is 1.11 bits per heavy atom. The first kappa shape index (κ1) is 24.1. The van der Waals surface area contributed by atoms with Crippen LogP contribution in [0, 0.1) is 0 Å². The van der Waals surface area contributed by atoms with Crippen molar-refractivity contribution in [1.82, 2.24) is 19.5 Å². The van der Waals surface area contributed by atoms with Crippen LogP contribution in [-0.4, -0.2) is 31.2 Å². The van der Waals surface area contributed by atoms with Crippen molar-refractivity contribution in [2.24, 2.45) is 0 Å². The summed E-state index contributed by atoms with van der Waals surface area (Å²) in [6.45, 7) is 4.06. The van der Waals surface area contributed by atoms with Crippen LogP contribution in [0.2, 0.25) is 0 Å². The Morgan fingerprint density at radius 3 is 2.66 bits per heavy atom.